The fourth-order valence-electron chi connectivity index (χ4n) is 2.79. The molecule has 0 aliphatic heterocycles. The Bertz CT molecular complexity index is 835. The van der Waals surface area contributed by atoms with E-state index in [1.165, 1.54) is 0 Å². The molecule has 0 atom stereocenters. The molecule has 1 aromatic carbocycles. The quantitative estimate of drug-likeness (QED) is 0.574. The zero-order valence-corrected chi connectivity index (χ0v) is 18.5. The minimum Gasteiger partial charge on any atom is -0.462 e. The lowest BCUT2D eigenvalue weighted by Crippen LogP contribution is -2.24. The number of hydrogen-bond acceptors (Lipinski definition) is 5. The molecule has 0 aliphatic rings. The third-order valence-corrected chi connectivity index (χ3v) is 4.46. The molecule has 7 heteroatoms. The Hall–Kier alpha value is -2.28. The van der Waals surface area contributed by atoms with Crippen molar-refractivity contribution in [2.75, 3.05) is 11.9 Å². The summed E-state index contributed by atoms with van der Waals surface area (Å²) in [6, 6.07) is 7.69. The third-order valence-electron chi connectivity index (χ3n) is 3.93. The summed E-state index contributed by atoms with van der Waals surface area (Å²) in [6.45, 7) is 9.67. The van der Waals surface area contributed by atoms with Crippen molar-refractivity contribution in [3.05, 3.63) is 51.3 Å². The average Bonchev–Trinajstić information content (AvgIpc) is 2.99. The summed E-state index contributed by atoms with van der Waals surface area (Å²) < 4.78 is 11.7. The SMILES string of the molecule is CCOC(=O)c1c(CNc2ccc(Br)cc2)[nH]c(C(=O)OC(C)(C)C)c1CC. The van der Waals surface area contributed by atoms with Gasteiger partial charge in [-0.1, -0.05) is 22.9 Å². The number of anilines is 1. The van der Waals surface area contributed by atoms with E-state index in [9.17, 15) is 9.59 Å². The van der Waals surface area contributed by atoms with E-state index in [2.05, 4.69) is 26.2 Å². The number of esters is 2. The van der Waals surface area contributed by atoms with Crippen LogP contribution in [0.5, 0.6) is 0 Å². The number of nitrogens with one attached hydrogen (secondary N) is 2. The maximum atomic E-state index is 12.7. The van der Waals surface area contributed by atoms with Crippen LogP contribution in [0.4, 0.5) is 5.69 Å². The molecule has 0 amide bonds. The molecule has 28 heavy (non-hydrogen) atoms. The average molecular weight is 451 g/mol. The number of ether oxygens (including phenoxy) is 2. The highest BCUT2D eigenvalue weighted by Gasteiger charge is 2.29. The summed E-state index contributed by atoms with van der Waals surface area (Å²) in [7, 11) is 0. The Labute approximate surface area is 174 Å². The highest BCUT2D eigenvalue weighted by atomic mass is 79.9. The minimum atomic E-state index is -0.632. The van der Waals surface area contributed by atoms with Crippen molar-refractivity contribution in [1.29, 1.82) is 0 Å². The van der Waals surface area contributed by atoms with Crippen LogP contribution in [-0.4, -0.2) is 29.1 Å². The molecule has 0 bridgehead atoms. The van der Waals surface area contributed by atoms with Gasteiger partial charge in [0.05, 0.1) is 18.7 Å². The molecule has 1 aromatic heterocycles. The molecule has 0 spiro atoms. The summed E-state index contributed by atoms with van der Waals surface area (Å²) >= 11 is 3.40. The lowest BCUT2D eigenvalue weighted by molar-refractivity contribution is 0.00622. The first-order valence-corrected chi connectivity index (χ1v) is 10.1. The molecule has 0 saturated carbocycles. The second-order valence-electron chi connectivity index (χ2n) is 7.27. The molecule has 0 fully saturated rings. The number of aromatic nitrogens is 1. The molecule has 0 aliphatic carbocycles. The van der Waals surface area contributed by atoms with Gasteiger partial charge in [-0.2, -0.15) is 0 Å². The molecule has 2 aromatic rings. The zero-order valence-electron chi connectivity index (χ0n) is 16.9. The number of carbonyl (C=O) groups is 2. The van der Waals surface area contributed by atoms with Crippen LogP contribution in [0.15, 0.2) is 28.7 Å². The highest BCUT2D eigenvalue weighted by molar-refractivity contribution is 9.10. The molecule has 0 saturated heterocycles. The van der Waals surface area contributed by atoms with Crippen molar-refractivity contribution in [3.63, 3.8) is 0 Å². The Balaban J connectivity index is 2.39. The molecule has 0 unspecified atom stereocenters. The second-order valence-corrected chi connectivity index (χ2v) is 8.18. The highest BCUT2D eigenvalue weighted by Crippen LogP contribution is 2.25. The van der Waals surface area contributed by atoms with Crippen LogP contribution in [-0.2, 0) is 22.4 Å². The van der Waals surface area contributed by atoms with Gasteiger partial charge in [0.25, 0.3) is 0 Å². The van der Waals surface area contributed by atoms with Crippen molar-refractivity contribution in [1.82, 2.24) is 4.98 Å². The Morgan fingerprint density at radius 2 is 1.75 bits per heavy atom. The number of carbonyl (C=O) groups excluding carboxylic acids is 2. The van der Waals surface area contributed by atoms with E-state index in [4.69, 9.17) is 9.47 Å². The van der Waals surface area contributed by atoms with Crippen LogP contribution in [0.2, 0.25) is 0 Å². The summed E-state index contributed by atoms with van der Waals surface area (Å²) in [5.41, 5.74) is 2.17. The summed E-state index contributed by atoms with van der Waals surface area (Å²) in [5.74, 6) is -0.928. The van der Waals surface area contributed by atoms with Crippen molar-refractivity contribution >= 4 is 33.6 Å². The maximum Gasteiger partial charge on any atom is 0.355 e. The van der Waals surface area contributed by atoms with Crippen LogP contribution in [0, 0.1) is 0 Å². The van der Waals surface area contributed by atoms with Crippen LogP contribution in [0.25, 0.3) is 0 Å². The minimum absolute atomic E-state index is 0.258. The van der Waals surface area contributed by atoms with Crippen LogP contribution in [0.1, 0.15) is 66.7 Å². The number of rotatable bonds is 7. The fraction of sp³-hybridized carbons (Fsp3) is 0.429. The van der Waals surface area contributed by atoms with E-state index in [1.807, 2.05) is 52.0 Å². The number of aromatic amines is 1. The molecule has 152 valence electrons. The predicted molar refractivity (Wildman–Crippen MR) is 113 cm³/mol. The van der Waals surface area contributed by atoms with Crippen LogP contribution >= 0.6 is 15.9 Å². The molecule has 2 rings (SSSR count). The van der Waals surface area contributed by atoms with Crippen LogP contribution in [0.3, 0.4) is 0 Å². The van der Waals surface area contributed by atoms with Crippen molar-refractivity contribution in [3.8, 4) is 0 Å². The first-order valence-electron chi connectivity index (χ1n) is 9.29. The van der Waals surface area contributed by atoms with E-state index in [1.54, 1.807) is 6.92 Å². The van der Waals surface area contributed by atoms with Crippen molar-refractivity contribution in [2.45, 2.75) is 53.2 Å². The number of H-pyrrole nitrogens is 1. The standard InChI is InChI=1S/C21H27BrN2O4/c1-6-15-17(19(25)27-7-2)16(12-23-14-10-8-13(22)9-11-14)24-18(15)20(26)28-21(3,4)5/h8-11,23-24H,6-7,12H2,1-5H3. The summed E-state index contributed by atoms with van der Waals surface area (Å²) in [4.78, 5) is 28.4. The van der Waals surface area contributed by atoms with Gasteiger partial charge < -0.3 is 19.8 Å². The van der Waals surface area contributed by atoms with Gasteiger partial charge in [-0.25, -0.2) is 9.59 Å². The number of hydrogen-bond donors (Lipinski definition) is 2. The summed E-state index contributed by atoms with van der Waals surface area (Å²) in [5, 5.41) is 3.27. The zero-order chi connectivity index (χ0) is 20.9. The molecule has 1 heterocycles. The van der Waals surface area contributed by atoms with E-state index in [0.29, 0.717) is 35.5 Å². The van der Waals surface area contributed by atoms with Gasteiger partial charge in [-0.3, -0.25) is 0 Å². The number of benzene rings is 1. The largest absolute Gasteiger partial charge is 0.462 e. The van der Waals surface area contributed by atoms with Gasteiger partial charge in [0.1, 0.15) is 11.3 Å². The lowest BCUT2D eigenvalue weighted by atomic mass is 10.1. The molecule has 2 N–H and O–H groups in total. The van der Waals surface area contributed by atoms with Crippen molar-refractivity contribution in [2.24, 2.45) is 0 Å². The molecule has 6 nitrogen and oxygen atoms in total. The van der Waals surface area contributed by atoms with Gasteiger partial charge >= 0.3 is 11.9 Å². The fourth-order valence-corrected chi connectivity index (χ4v) is 3.06. The third kappa shape index (κ3) is 5.61. The smallest absolute Gasteiger partial charge is 0.355 e. The Morgan fingerprint density at radius 1 is 1.11 bits per heavy atom. The summed E-state index contributed by atoms with van der Waals surface area (Å²) in [6.07, 6.45) is 0.498. The van der Waals surface area contributed by atoms with E-state index < -0.39 is 17.5 Å². The normalized spacial score (nSPS) is 11.2. The molecular formula is C21H27BrN2O4. The van der Waals surface area contributed by atoms with Gasteiger partial charge in [0.15, 0.2) is 0 Å². The first-order chi connectivity index (χ1) is 13.2. The van der Waals surface area contributed by atoms with Crippen LogP contribution < -0.4 is 5.32 Å². The number of halogens is 1. The topological polar surface area (TPSA) is 80.4 Å². The Kier molecular flexibility index (Phi) is 7.29. The van der Waals surface area contributed by atoms with Gasteiger partial charge in [-0.05, 0) is 63.9 Å². The monoisotopic (exact) mass is 450 g/mol. The van der Waals surface area contributed by atoms with E-state index in [0.717, 1.165) is 10.2 Å². The lowest BCUT2D eigenvalue weighted by Gasteiger charge is -2.19. The maximum absolute atomic E-state index is 12.7. The van der Waals surface area contributed by atoms with Gasteiger partial charge in [0.2, 0.25) is 0 Å². The Morgan fingerprint density at radius 3 is 2.29 bits per heavy atom. The first kappa shape index (κ1) is 22.0. The second kappa shape index (κ2) is 9.28. The van der Waals surface area contributed by atoms with Crippen molar-refractivity contribution < 1.29 is 19.1 Å². The van der Waals surface area contributed by atoms with E-state index in [-0.39, 0.29) is 6.61 Å². The predicted octanol–water partition coefficient (Wildman–Crippen LogP) is 5.08. The van der Waals surface area contributed by atoms with E-state index >= 15 is 0 Å². The molecule has 0 radical (unpaired) electrons. The van der Waals surface area contributed by atoms with Gasteiger partial charge in [0, 0.05) is 15.9 Å². The molecular weight excluding hydrogens is 424 g/mol. The van der Waals surface area contributed by atoms with Gasteiger partial charge in [-0.15, -0.1) is 0 Å².